The maximum Gasteiger partial charge on any atom is 0.215 e. The van der Waals surface area contributed by atoms with Crippen LogP contribution in [0.5, 0.6) is 5.88 Å². The third-order valence-corrected chi connectivity index (χ3v) is 3.71. The van der Waals surface area contributed by atoms with Crippen molar-refractivity contribution >= 4 is 23.4 Å². The van der Waals surface area contributed by atoms with Gasteiger partial charge in [0.2, 0.25) is 5.88 Å². The number of aromatic amines is 1. The maximum absolute atomic E-state index is 5.41. The van der Waals surface area contributed by atoms with E-state index >= 15 is 0 Å². The Kier molecular flexibility index (Phi) is 4.58. The lowest BCUT2D eigenvalue weighted by atomic mass is 10.1. The Morgan fingerprint density at radius 1 is 1.42 bits per heavy atom. The summed E-state index contributed by atoms with van der Waals surface area (Å²) in [6, 6.07) is 4.17. The van der Waals surface area contributed by atoms with E-state index in [1.165, 1.54) is 19.3 Å². The van der Waals surface area contributed by atoms with Crippen molar-refractivity contribution in [3.05, 3.63) is 16.9 Å². The van der Waals surface area contributed by atoms with Crippen LogP contribution in [0.1, 0.15) is 45.6 Å². The number of unbranched alkanes of at least 4 members (excludes halogenated alkanes) is 2. The van der Waals surface area contributed by atoms with Crippen LogP contribution in [-0.2, 0) is 0 Å². The highest BCUT2D eigenvalue weighted by Crippen LogP contribution is 2.23. The van der Waals surface area contributed by atoms with Crippen molar-refractivity contribution in [1.82, 2.24) is 14.5 Å². The van der Waals surface area contributed by atoms with Crippen LogP contribution in [0.2, 0.25) is 0 Å². The first-order chi connectivity index (χ1) is 9.17. The van der Waals surface area contributed by atoms with Gasteiger partial charge in [0, 0.05) is 12.1 Å². The van der Waals surface area contributed by atoms with E-state index < -0.39 is 0 Å². The molecule has 2 heterocycles. The van der Waals surface area contributed by atoms with Crippen molar-refractivity contribution in [2.45, 2.75) is 45.6 Å². The van der Waals surface area contributed by atoms with Crippen molar-refractivity contribution in [3.8, 4) is 5.88 Å². The molecule has 5 heteroatoms. The molecule has 2 rings (SSSR count). The van der Waals surface area contributed by atoms with Crippen LogP contribution < -0.4 is 4.74 Å². The lowest BCUT2D eigenvalue weighted by molar-refractivity contribution is 0.398. The fraction of sp³-hybridized carbons (Fsp3) is 0.571. The van der Waals surface area contributed by atoms with Crippen LogP contribution in [0, 0.1) is 4.77 Å². The molecule has 19 heavy (non-hydrogen) atoms. The van der Waals surface area contributed by atoms with Crippen LogP contribution in [0.25, 0.3) is 11.2 Å². The number of ether oxygens (including phenoxy) is 1. The topological polar surface area (TPSA) is 42.8 Å². The van der Waals surface area contributed by atoms with Crippen molar-refractivity contribution in [1.29, 1.82) is 0 Å². The van der Waals surface area contributed by atoms with Gasteiger partial charge in [0.15, 0.2) is 10.4 Å². The Morgan fingerprint density at radius 3 is 2.89 bits per heavy atom. The van der Waals surface area contributed by atoms with Crippen molar-refractivity contribution in [2.75, 3.05) is 7.11 Å². The molecule has 0 amide bonds. The average Bonchev–Trinajstić information content (AvgIpc) is 2.73. The van der Waals surface area contributed by atoms with Gasteiger partial charge in [-0.3, -0.25) is 4.57 Å². The number of pyridine rings is 1. The first-order valence-electron chi connectivity index (χ1n) is 6.82. The molecule has 2 aromatic rings. The molecule has 0 radical (unpaired) electrons. The summed E-state index contributed by atoms with van der Waals surface area (Å²) in [4.78, 5) is 7.72. The van der Waals surface area contributed by atoms with Gasteiger partial charge in [0.25, 0.3) is 0 Å². The molecule has 0 fully saturated rings. The molecule has 0 spiro atoms. The first kappa shape index (κ1) is 14.1. The number of hydrogen-bond donors (Lipinski definition) is 1. The fourth-order valence-electron chi connectivity index (χ4n) is 2.33. The van der Waals surface area contributed by atoms with E-state index in [0.717, 1.165) is 22.4 Å². The molecular formula is C14H21N3OS. The molecule has 1 N–H and O–H groups in total. The predicted octanol–water partition coefficient (Wildman–Crippen LogP) is 4.24. The standard InChI is InChI=1S/C14H21N3OS/c1-4-5-6-7-10(2)17-13-11(15-14(17)19)8-9-12(16-13)18-3/h8-10H,4-7H2,1-3H3,(H,15,19). The Bertz CT molecular complexity index is 602. The van der Waals surface area contributed by atoms with E-state index in [0.29, 0.717) is 11.9 Å². The number of methoxy groups -OCH3 is 1. The number of H-pyrrole nitrogens is 1. The average molecular weight is 279 g/mol. The fourth-order valence-corrected chi connectivity index (χ4v) is 2.70. The zero-order valence-electron chi connectivity index (χ0n) is 11.8. The second-order valence-corrected chi connectivity index (χ2v) is 5.26. The molecular weight excluding hydrogens is 258 g/mol. The Morgan fingerprint density at radius 2 is 2.21 bits per heavy atom. The molecule has 1 unspecified atom stereocenters. The molecule has 0 saturated heterocycles. The number of nitrogens with zero attached hydrogens (tertiary/aromatic N) is 2. The zero-order valence-corrected chi connectivity index (χ0v) is 12.6. The second kappa shape index (κ2) is 6.19. The number of hydrogen-bond acceptors (Lipinski definition) is 3. The zero-order chi connectivity index (χ0) is 13.8. The van der Waals surface area contributed by atoms with E-state index in [-0.39, 0.29) is 0 Å². The van der Waals surface area contributed by atoms with Crippen LogP contribution in [0.4, 0.5) is 0 Å². The molecule has 0 bridgehead atoms. The van der Waals surface area contributed by atoms with Gasteiger partial charge in [0.05, 0.1) is 12.6 Å². The van der Waals surface area contributed by atoms with Gasteiger partial charge in [-0.2, -0.15) is 4.98 Å². The van der Waals surface area contributed by atoms with Gasteiger partial charge in [-0.1, -0.05) is 26.2 Å². The van der Waals surface area contributed by atoms with Gasteiger partial charge >= 0.3 is 0 Å². The van der Waals surface area contributed by atoms with Crippen molar-refractivity contribution in [2.24, 2.45) is 0 Å². The van der Waals surface area contributed by atoms with Crippen molar-refractivity contribution in [3.63, 3.8) is 0 Å². The summed E-state index contributed by atoms with van der Waals surface area (Å²) in [5.74, 6) is 0.621. The Balaban J connectivity index is 2.35. The molecule has 0 aliphatic carbocycles. The highest BCUT2D eigenvalue weighted by molar-refractivity contribution is 7.71. The summed E-state index contributed by atoms with van der Waals surface area (Å²) in [6.45, 7) is 4.41. The third-order valence-electron chi connectivity index (χ3n) is 3.41. The molecule has 0 saturated carbocycles. The first-order valence-corrected chi connectivity index (χ1v) is 7.23. The molecule has 2 aromatic heterocycles. The molecule has 0 aliphatic heterocycles. The maximum atomic E-state index is 5.41. The molecule has 1 atom stereocenters. The molecule has 0 aliphatic rings. The highest BCUT2D eigenvalue weighted by Gasteiger charge is 2.12. The van der Waals surface area contributed by atoms with E-state index in [9.17, 15) is 0 Å². The van der Waals surface area contributed by atoms with E-state index in [2.05, 4.69) is 28.4 Å². The number of nitrogens with one attached hydrogen (secondary N) is 1. The van der Waals surface area contributed by atoms with Gasteiger partial charge < -0.3 is 9.72 Å². The monoisotopic (exact) mass is 279 g/mol. The van der Waals surface area contributed by atoms with Crippen LogP contribution in [-0.4, -0.2) is 21.6 Å². The SMILES string of the molecule is CCCCCC(C)n1c(=S)[nH]c2ccc(OC)nc21. The molecule has 4 nitrogen and oxygen atoms in total. The minimum absolute atomic E-state index is 0.354. The normalized spacial score (nSPS) is 12.8. The summed E-state index contributed by atoms with van der Waals surface area (Å²) in [7, 11) is 1.63. The Hall–Kier alpha value is -1.36. The van der Waals surface area contributed by atoms with Crippen molar-refractivity contribution < 1.29 is 4.74 Å². The van der Waals surface area contributed by atoms with Crippen LogP contribution >= 0.6 is 12.2 Å². The summed E-state index contributed by atoms with van der Waals surface area (Å²) < 4.78 is 8.03. The second-order valence-electron chi connectivity index (χ2n) is 4.87. The quantitative estimate of drug-likeness (QED) is 0.635. The predicted molar refractivity (Wildman–Crippen MR) is 80.3 cm³/mol. The number of imidazole rings is 1. The number of fused-ring (bicyclic) bond motifs is 1. The van der Waals surface area contributed by atoms with Gasteiger partial charge in [-0.15, -0.1) is 0 Å². The minimum atomic E-state index is 0.354. The largest absolute Gasteiger partial charge is 0.481 e. The summed E-state index contributed by atoms with van der Waals surface area (Å²) in [6.07, 6.45) is 4.83. The van der Waals surface area contributed by atoms with Gasteiger partial charge in [-0.25, -0.2) is 0 Å². The summed E-state index contributed by atoms with van der Waals surface area (Å²) in [5.41, 5.74) is 1.85. The third kappa shape index (κ3) is 2.97. The number of aromatic nitrogens is 3. The smallest absolute Gasteiger partial charge is 0.215 e. The van der Waals surface area contributed by atoms with E-state index in [4.69, 9.17) is 17.0 Å². The molecule has 104 valence electrons. The minimum Gasteiger partial charge on any atom is -0.481 e. The lowest BCUT2D eigenvalue weighted by Crippen LogP contribution is -2.06. The van der Waals surface area contributed by atoms with Crippen LogP contribution in [0.3, 0.4) is 0 Å². The van der Waals surface area contributed by atoms with Crippen LogP contribution in [0.15, 0.2) is 12.1 Å². The van der Waals surface area contributed by atoms with E-state index in [1.807, 2.05) is 12.1 Å². The summed E-state index contributed by atoms with van der Waals surface area (Å²) in [5, 5.41) is 0. The lowest BCUT2D eigenvalue weighted by Gasteiger charge is -2.13. The number of rotatable bonds is 6. The van der Waals surface area contributed by atoms with Gasteiger partial charge in [-0.05, 0) is 31.6 Å². The Labute approximate surface area is 118 Å². The van der Waals surface area contributed by atoms with Gasteiger partial charge in [0.1, 0.15) is 0 Å². The molecule has 0 aromatic carbocycles. The summed E-state index contributed by atoms with van der Waals surface area (Å²) >= 11 is 5.41. The van der Waals surface area contributed by atoms with E-state index in [1.54, 1.807) is 7.11 Å². The highest BCUT2D eigenvalue weighted by atomic mass is 32.1.